The number of rotatable bonds is 8. The number of hydrogen-bond acceptors (Lipinski definition) is 5. The molecule has 0 radical (unpaired) electrons. The van der Waals surface area contributed by atoms with Crippen molar-refractivity contribution >= 4 is 52.0 Å². The van der Waals surface area contributed by atoms with Gasteiger partial charge in [0.2, 0.25) is 0 Å². The summed E-state index contributed by atoms with van der Waals surface area (Å²) in [6.45, 7) is 2.73. The Labute approximate surface area is 270 Å². The van der Waals surface area contributed by atoms with Crippen molar-refractivity contribution in [1.82, 2.24) is 10.2 Å². The molecular formula is C36H30Cl2N2O5. The number of halogens is 2. The van der Waals surface area contributed by atoms with E-state index in [1.165, 1.54) is 0 Å². The number of nitrogens with zero attached hydrogens (tertiary/aromatic N) is 1. The van der Waals surface area contributed by atoms with E-state index in [1.54, 1.807) is 29.4 Å². The molecule has 7 nitrogen and oxygen atoms in total. The van der Waals surface area contributed by atoms with Crippen LogP contribution in [0.25, 0.3) is 11.0 Å². The van der Waals surface area contributed by atoms with E-state index in [2.05, 4.69) is 5.32 Å². The van der Waals surface area contributed by atoms with Crippen LogP contribution in [-0.2, 0) is 35.5 Å². The van der Waals surface area contributed by atoms with Gasteiger partial charge in [-0.15, -0.1) is 0 Å². The van der Waals surface area contributed by atoms with Crippen molar-refractivity contribution in [2.24, 2.45) is 0 Å². The van der Waals surface area contributed by atoms with Crippen molar-refractivity contribution in [3.63, 3.8) is 0 Å². The van der Waals surface area contributed by atoms with Crippen LogP contribution in [0.5, 0.6) is 0 Å². The van der Waals surface area contributed by atoms with E-state index in [-0.39, 0.29) is 41.1 Å². The van der Waals surface area contributed by atoms with Gasteiger partial charge >= 0.3 is 5.97 Å². The molecule has 1 atom stereocenters. The van der Waals surface area contributed by atoms with Crippen molar-refractivity contribution in [2.75, 3.05) is 6.54 Å². The Morgan fingerprint density at radius 2 is 1.76 bits per heavy atom. The Hall–Kier alpha value is -4.59. The third kappa shape index (κ3) is 6.75. The van der Waals surface area contributed by atoms with Crippen molar-refractivity contribution in [3.05, 3.63) is 140 Å². The molecule has 2 amide bonds. The van der Waals surface area contributed by atoms with Gasteiger partial charge in [0, 0.05) is 30.5 Å². The number of benzene rings is 4. The predicted octanol–water partition coefficient (Wildman–Crippen LogP) is 7.33. The molecule has 0 spiro atoms. The Kier molecular flexibility index (Phi) is 8.92. The second-order valence-corrected chi connectivity index (χ2v) is 11.9. The highest BCUT2D eigenvalue weighted by Gasteiger charge is 2.30. The molecular weight excluding hydrogens is 611 g/mol. The summed E-state index contributed by atoms with van der Waals surface area (Å²) in [4.78, 5) is 42.1. The molecule has 1 aliphatic rings. The standard InChI is InChI=1S/C36H30Cl2N2O5/c1-22-6-5-9-24(16-22)17-30(36(43)45-21-23-7-3-2-4-8-23)39-34(41)32-29(37)18-27-20-40(14-12-28(27)33(32)38)35(42)26-11-10-25-13-15-44-31(25)19-26/h2-11,13,15-16,18-19,30H,12,14,17,20-21H2,1H3,(H,39,41)/t30-/m0/s1. The summed E-state index contributed by atoms with van der Waals surface area (Å²) < 4.78 is 11.1. The number of carbonyl (C=O) groups is 3. The predicted molar refractivity (Wildman–Crippen MR) is 173 cm³/mol. The zero-order chi connectivity index (χ0) is 31.5. The maximum absolute atomic E-state index is 13.7. The quantitative estimate of drug-likeness (QED) is 0.179. The number of hydrogen-bond donors (Lipinski definition) is 1. The lowest BCUT2D eigenvalue weighted by molar-refractivity contribution is -0.147. The molecule has 1 aliphatic heterocycles. The fourth-order valence-corrected chi connectivity index (χ4v) is 6.40. The van der Waals surface area contributed by atoms with Gasteiger partial charge in [-0.25, -0.2) is 4.79 Å². The van der Waals surface area contributed by atoms with Gasteiger partial charge in [-0.3, -0.25) is 9.59 Å². The van der Waals surface area contributed by atoms with Crippen LogP contribution in [0.2, 0.25) is 10.0 Å². The fourth-order valence-electron chi connectivity index (χ4n) is 5.63. The number of amides is 2. The SMILES string of the molecule is Cc1cccc(C[C@H](NC(=O)c2c(Cl)cc3c(c2Cl)CCN(C(=O)c2ccc4ccoc4c2)C3)C(=O)OCc2ccccc2)c1. The average molecular weight is 642 g/mol. The molecule has 9 heteroatoms. The second-order valence-electron chi connectivity index (χ2n) is 11.1. The lowest BCUT2D eigenvalue weighted by atomic mass is 9.95. The molecule has 0 fully saturated rings. The first-order valence-corrected chi connectivity index (χ1v) is 15.4. The van der Waals surface area contributed by atoms with Gasteiger partial charge in [0.25, 0.3) is 11.8 Å². The minimum atomic E-state index is -0.981. The van der Waals surface area contributed by atoms with E-state index >= 15 is 0 Å². The van der Waals surface area contributed by atoms with Crippen LogP contribution in [0.1, 0.15) is 48.5 Å². The van der Waals surface area contributed by atoms with Crippen molar-refractivity contribution in [2.45, 2.75) is 39.0 Å². The lowest BCUT2D eigenvalue weighted by Gasteiger charge is -2.30. The summed E-state index contributed by atoms with van der Waals surface area (Å²) >= 11 is 13.5. The van der Waals surface area contributed by atoms with Gasteiger partial charge in [0.15, 0.2) is 0 Å². The molecule has 2 heterocycles. The largest absolute Gasteiger partial charge is 0.464 e. The molecule has 45 heavy (non-hydrogen) atoms. The number of aryl methyl sites for hydroxylation is 1. The molecule has 5 aromatic rings. The Balaban J connectivity index is 1.21. The van der Waals surface area contributed by atoms with Gasteiger partial charge < -0.3 is 19.4 Å². The molecule has 0 saturated heterocycles. The number of esters is 1. The van der Waals surface area contributed by atoms with Gasteiger partial charge in [-0.1, -0.05) is 89.4 Å². The topological polar surface area (TPSA) is 88.9 Å². The summed E-state index contributed by atoms with van der Waals surface area (Å²) in [6.07, 6.45) is 2.25. The maximum Gasteiger partial charge on any atom is 0.329 e. The molecule has 0 saturated carbocycles. The van der Waals surface area contributed by atoms with E-state index in [0.717, 1.165) is 33.2 Å². The van der Waals surface area contributed by atoms with E-state index in [0.29, 0.717) is 24.1 Å². The van der Waals surface area contributed by atoms with Crippen LogP contribution in [0.4, 0.5) is 0 Å². The highest BCUT2D eigenvalue weighted by molar-refractivity contribution is 6.40. The summed E-state index contributed by atoms with van der Waals surface area (Å²) in [5, 5.41) is 4.10. The number of carbonyl (C=O) groups excluding carboxylic acids is 3. The second kappa shape index (κ2) is 13.2. The van der Waals surface area contributed by atoms with Crippen LogP contribution in [0, 0.1) is 6.92 Å². The van der Waals surface area contributed by atoms with Crippen LogP contribution in [-0.4, -0.2) is 35.3 Å². The number of furan rings is 1. The molecule has 0 bridgehead atoms. The maximum atomic E-state index is 13.7. The average Bonchev–Trinajstić information content (AvgIpc) is 3.51. The minimum Gasteiger partial charge on any atom is -0.464 e. The number of nitrogens with one attached hydrogen (secondary N) is 1. The third-order valence-corrected chi connectivity index (χ3v) is 8.67. The summed E-state index contributed by atoms with van der Waals surface area (Å²) in [6, 6.07) is 25.0. The Morgan fingerprint density at radius 1 is 0.956 bits per heavy atom. The van der Waals surface area contributed by atoms with E-state index in [4.69, 9.17) is 32.4 Å². The summed E-state index contributed by atoms with van der Waals surface area (Å²) in [7, 11) is 0. The van der Waals surface area contributed by atoms with Crippen LogP contribution >= 0.6 is 23.2 Å². The smallest absolute Gasteiger partial charge is 0.329 e. The minimum absolute atomic E-state index is 0.0742. The molecule has 1 aromatic heterocycles. The normalized spacial score (nSPS) is 13.3. The van der Waals surface area contributed by atoms with Crippen molar-refractivity contribution < 1.29 is 23.5 Å². The van der Waals surface area contributed by atoms with E-state index in [9.17, 15) is 14.4 Å². The first kappa shape index (κ1) is 30.4. The molecule has 0 aliphatic carbocycles. The molecule has 6 rings (SSSR count). The summed E-state index contributed by atoms with van der Waals surface area (Å²) in [5.74, 6) is -1.28. The van der Waals surface area contributed by atoms with E-state index in [1.807, 2.05) is 73.7 Å². The van der Waals surface area contributed by atoms with Crippen molar-refractivity contribution in [1.29, 1.82) is 0 Å². The summed E-state index contributed by atoms with van der Waals surface area (Å²) in [5.41, 5.74) is 5.50. The highest BCUT2D eigenvalue weighted by Crippen LogP contribution is 2.35. The van der Waals surface area contributed by atoms with Crippen molar-refractivity contribution in [3.8, 4) is 0 Å². The highest BCUT2D eigenvalue weighted by atomic mass is 35.5. The zero-order valence-electron chi connectivity index (χ0n) is 24.5. The Bertz CT molecular complexity index is 1900. The monoisotopic (exact) mass is 640 g/mol. The van der Waals surface area contributed by atoms with Crippen LogP contribution in [0.15, 0.2) is 95.6 Å². The van der Waals surface area contributed by atoms with Gasteiger partial charge in [-0.05, 0) is 59.9 Å². The van der Waals surface area contributed by atoms with Gasteiger partial charge in [0.05, 0.1) is 21.9 Å². The molecule has 1 N–H and O–H groups in total. The first-order chi connectivity index (χ1) is 21.8. The zero-order valence-corrected chi connectivity index (χ0v) is 26.0. The fraction of sp³-hybridized carbons (Fsp3) is 0.194. The van der Waals surface area contributed by atoms with E-state index < -0.39 is 17.9 Å². The number of fused-ring (bicyclic) bond motifs is 2. The van der Waals surface area contributed by atoms with Gasteiger partial charge in [0.1, 0.15) is 18.2 Å². The lowest BCUT2D eigenvalue weighted by Crippen LogP contribution is -2.43. The van der Waals surface area contributed by atoms with Crippen LogP contribution < -0.4 is 5.32 Å². The van der Waals surface area contributed by atoms with Crippen LogP contribution in [0.3, 0.4) is 0 Å². The molecule has 0 unspecified atom stereocenters. The molecule has 228 valence electrons. The van der Waals surface area contributed by atoms with Gasteiger partial charge in [-0.2, -0.15) is 0 Å². The third-order valence-electron chi connectivity index (χ3n) is 7.96. The Morgan fingerprint density at radius 3 is 2.56 bits per heavy atom. The molecule has 4 aromatic carbocycles. The number of ether oxygens (including phenoxy) is 1. The first-order valence-electron chi connectivity index (χ1n) is 14.6.